The number of rotatable bonds is 7. The van der Waals surface area contributed by atoms with Crippen molar-refractivity contribution in [2.75, 3.05) is 17.7 Å². The lowest BCUT2D eigenvalue weighted by Crippen LogP contribution is -2.15. The molecule has 0 saturated heterocycles. The summed E-state index contributed by atoms with van der Waals surface area (Å²) in [4.78, 5) is 28.6. The Hall–Kier alpha value is -3.10. The highest BCUT2D eigenvalue weighted by atomic mass is 32.1. The van der Waals surface area contributed by atoms with E-state index >= 15 is 0 Å². The molecule has 28 heavy (non-hydrogen) atoms. The molecule has 0 aliphatic carbocycles. The molecule has 3 aromatic rings. The second-order valence-electron chi connectivity index (χ2n) is 5.94. The largest absolute Gasteiger partial charge is 0.380 e. The van der Waals surface area contributed by atoms with Gasteiger partial charge in [0.15, 0.2) is 5.13 Å². The minimum Gasteiger partial charge on any atom is -0.380 e. The van der Waals surface area contributed by atoms with Gasteiger partial charge in [-0.2, -0.15) is 0 Å². The van der Waals surface area contributed by atoms with Gasteiger partial charge in [0.1, 0.15) is 5.82 Å². The number of nitrogens with zero attached hydrogens (tertiary/aromatic N) is 1. The SMILES string of the molecule is COCc1cccc(NC(=O)Cc2csc(NC(=O)c3ccccc3F)n2)c1. The van der Waals surface area contributed by atoms with Crippen molar-refractivity contribution in [2.45, 2.75) is 13.0 Å². The normalized spacial score (nSPS) is 10.5. The van der Waals surface area contributed by atoms with Gasteiger partial charge in [0.2, 0.25) is 5.91 Å². The third-order valence-corrected chi connectivity index (χ3v) is 4.56. The fraction of sp³-hybridized carbons (Fsp3) is 0.150. The molecule has 6 nitrogen and oxygen atoms in total. The van der Waals surface area contributed by atoms with Gasteiger partial charge in [-0.05, 0) is 29.8 Å². The summed E-state index contributed by atoms with van der Waals surface area (Å²) in [5.74, 6) is -1.42. The van der Waals surface area contributed by atoms with Crippen LogP contribution in [-0.4, -0.2) is 23.9 Å². The van der Waals surface area contributed by atoms with Gasteiger partial charge >= 0.3 is 0 Å². The standard InChI is InChI=1S/C20H18FN3O3S/c1-27-11-13-5-4-6-14(9-13)22-18(25)10-15-12-28-20(23-15)24-19(26)16-7-2-3-8-17(16)21/h2-9,12H,10-11H2,1H3,(H,22,25)(H,23,24,26). The van der Waals surface area contributed by atoms with Gasteiger partial charge in [-0.1, -0.05) is 24.3 Å². The van der Waals surface area contributed by atoms with Crippen LogP contribution in [0.2, 0.25) is 0 Å². The molecule has 0 spiro atoms. The Labute approximate surface area is 165 Å². The number of hydrogen-bond donors (Lipinski definition) is 2. The number of ether oxygens (including phenoxy) is 1. The second-order valence-corrected chi connectivity index (χ2v) is 6.79. The van der Waals surface area contributed by atoms with Crippen LogP contribution in [-0.2, 0) is 22.6 Å². The van der Waals surface area contributed by atoms with Gasteiger partial charge < -0.3 is 10.1 Å². The molecule has 8 heteroatoms. The van der Waals surface area contributed by atoms with Crippen LogP contribution in [0.25, 0.3) is 0 Å². The third kappa shape index (κ3) is 5.21. The van der Waals surface area contributed by atoms with Gasteiger partial charge in [-0.25, -0.2) is 9.37 Å². The second kappa shape index (κ2) is 9.20. The number of thiazole rings is 1. The number of amides is 2. The molecule has 2 aromatic carbocycles. The van der Waals surface area contributed by atoms with Crippen LogP contribution in [0.3, 0.4) is 0 Å². The Morgan fingerprint density at radius 2 is 1.96 bits per heavy atom. The van der Waals surface area contributed by atoms with Gasteiger partial charge in [0.05, 0.1) is 24.3 Å². The topological polar surface area (TPSA) is 80.3 Å². The van der Waals surface area contributed by atoms with E-state index in [1.165, 1.54) is 29.5 Å². The average Bonchev–Trinajstić information content (AvgIpc) is 3.09. The summed E-state index contributed by atoms with van der Waals surface area (Å²) < 4.78 is 18.7. The van der Waals surface area contributed by atoms with Crippen LogP contribution in [0.4, 0.5) is 15.2 Å². The lowest BCUT2D eigenvalue weighted by molar-refractivity contribution is -0.115. The summed E-state index contributed by atoms with van der Waals surface area (Å²) in [6.45, 7) is 0.459. The van der Waals surface area contributed by atoms with E-state index in [-0.39, 0.29) is 17.9 Å². The molecule has 0 radical (unpaired) electrons. The number of aromatic nitrogens is 1. The Morgan fingerprint density at radius 3 is 2.75 bits per heavy atom. The number of hydrogen-bond acceptors (Lipinski definition) is 5. The number of benzene rings is 2. The van der Waals surface area contributed by atoms with Gasteiger partial charge in [0, 0.05) is 18.2 Å². The van der Waals surface area contributed by atoms with Gasteiger partial charge in [0.25, 0.3) is 5.91 Å². The van der Waals surface area contributed by atoms with Crippen molar-refractivity contribution in [1.29, 1.82) is 0 Å². The maximum atomic E-state index is 13.7. The van der Waals surface area contributed by atoms with Crippen LogP contribution in [0, 0.1) is 5.82 Å². The lowest BCUT2D eigenvalue weighted by atomic mass is 10.2. The smallest absolute Gasteiger partial charge is 0.260 e. The quantitative estimate of drug-likeness (QED) is 0.632. The maximum Gasteiger partial charge on any atom is 0.260 e. The Kier molecular flexibility index (Phi) is 6.46. The van der Waals surface area contributed by atoms with E-state index < -0.39 is 11.7 Å². The molecule has 2 N–H and O–H groups in total. The molecule has 0 aliphatic heterocycles. The summed E-state index contributed by atoms with van der Waals surface area (Å²) >= 11 is 1.17. The first-order chi connectivity index (χ1) is 13.5. The van der Waals surface area contributed by atoms with Crippen LogP contribution < -0.4 is 10.6 Å². The molecular weight excluding hydrogens is 381 g/mol. The summed E-state index contributed by atoms with van der Waals surface area (Å²) in [6.07, 6.45) is 0.0561. The van der Waals surface area contributed by atoms with Crippen molar-refractivity contribution in [3.8, 4) is 0 Å². The molecule has 1 aromatic heterocycles. The van der Waals surface area contributed by atoms with E-state index in [9.17, 15) is 14.0 Å². The summed E-state index contributed by atoms with van der Waals surface area (Å²) in [5.41, 5.74) is 2.07. The average molecular weight is 399 g/mol. The van der Waals surface area contributed by atoms with Crippen molar-refractivity contribution in [3.05, 3.63) is 76.5 Å². The summed E-state index contributed by atoms with van der Waals surface area (Å²) in [5, 5.41) is 7.33. The molecule has 0 bridgehead atoms. The maximum absolute atomic E-state index is 13.7. The highest BCUT2D eigenvalue weighted by molar-refractivity contribution is 7.14. The van der Waals surface area contributed by atoms with E-state index in [1.54, 1.807) is 24.6 Å². The van der Waals surface area contributed by atoms with E-state index in [0.29, 0.717) is 23.1 Å². The number of methoxy groups -OCH3 is 1. The van der Waals surface area contributed by atoms with Crippen molar-refractivity contribution in [3.63, 3.8) is 0 Å². The van der Waals surface area contributed by atoms with Crippen LogP contribution in [0.1, 0.15) is 21.6 Å². The molecule has 0 saturated carbocycles. The number of carbonyl (C=O) groups excluding carboxylic acids is 2. The van der Waals surface area contributed by atoms with Gasteiger partial charge in [-0.3, -0.25) is 14.9 Å². The van der Waals surface area contributed by atoms with Crippen molar-refractivity contribution in [1.82, 2.24) is 4.98 Å². The molecule has 1 heterocycles. The van der Waals surface area contributed by atoms with E-state index in [0.717, 1.165) is 5.56 Å². The highest BCUT2D eigenvalue weighted by Gasteiger charge is 2.14. The predicted octanol–water partition coefficient (Wildman–Crippen LogP) is 3.86. The van der Waals surface area contributed by atoms with Crippen molar-refractivity contribution < 1.29 is 18.7 Å². The molecule has 0 aliphatic rings. The molecule has 0 fully saturated rings. The number of anilines is 2. The Balaban J connectivity index is 1.58. The zero-order valence-electron chi connectivity index (χ0n) is 15.1. The minimum atomic E-state index is -0.605. The number of nitrogens with one attached hydrogen (secondary N) is 2. The molecular formula is C20H18FN3O3S. The van der Waals surface area contributed by atoms with Crippen molar-refractivity contribution in [2.24, 2.45) is 0 Å². The van der Waals surface area contributed by atoms with E-state index in [1.807, 2.05) is 18.2 Å². The first kappa shape index (κ1) is 19.7. The number of carbonyl (C=O) groups is 2. The van der Waals surface area contributed by atoms with Crippen molar-refractivity contribution >= 4 is 34.0 Å². The van der Waals surface area contributed by atoms with Crippen LogP contribution in [0.15, 0.2) is 53.9 Å². The van der Waals surface area contributed by atoms with Crippen LogP contribution in [0.5, 0.6) is 0 Å². The Morgan fingerprint density at radius 1 is 1.14 bits per heavy atom. The minimum absolute atomic E-state index is 0.0561. The zero-order valence-corrected chi connectivity index (χ0v) is 15.9. The van der Waals surface area contributed by atoms with E-state index in [2.05, 4.69) is 15.6 Å². The lowest BCUT2D eigenvalue weighted by Gasteiger charge is -2.06. The monoisotopic (exact) mass is 399 g/mol. The molecule has 0 atom stereocenters. The van der Waals surface area contributed by atoms with Gasteiger partial charge in [-0.15, -0.1) is 11.3 Å². The number of halogens is 1. The first-order valence-electron chi connectivity index (χ1n) is 8.43. The highest BCUT2D eigenvalue weighted by Crippen LogP contribution is 2.18. The fourth-order valence-corrected chi connectivity index (χ4v) is 3.24. The summed E-state index contributed by atoms with van der Waals surface area (Å²) in [6, 6.07) is 13.1. The first-order valence-corrected chi connectivity index (χ1v) is 9.31. The third-order valence-electron chi connectivity index (χ3n) is 3.75. The fourth-order valence-electron chi connectivity index (χ4n) is 2.53. The predicted molar refractivity (Wildman–Crippen MR) is 106 cm³/mol. The zero-order chi connectivity index (χ0) is 19.9. The molecule has 2 amide bonds. The molecule has 144 valence electrons. The molecule has 0 unspecified atom stereocenters. The van der Waals surface area contributed by atoms with Crippen LogP contribution >= 0.6 is 11.3 Å². The molecule has 3 rings (SSSR count). The summed E-state index contributed by atoms with van der Waals surface area (Å²) in [7, 11) is 1.61. The Bertz CT molecular complexity index is 990. The van der Waals surface area contributed by atoms with E-state index in [4.69, 9.17) is 4.74 Å².